The van der Waals surface area contributed by atoms with Crippen molar-refractivity contribution in [2.45, 2.75) is 12.8 Å². The van der Waals surface area contributed by atoms with Crippen molar-refractivity contribution < 1.29 is 22.6 Å². The molecule has 1 saturated heterocycles. The van der Waals surface area contributed by atoms with Gasteiger partial charge in [-0.3, -0.25) is 0 Å². The van der Waals surface area contributed by atoms with Gasteiger partial charge in [-0.2, -0.15) is 12.7 Å². The molecule has 1 atom stereocenters. The van der Waals surface area contributed by atoms with Crippen LogP contribution in [0.4, 0.5) is 0 Å². The molecule has 2 heterocycles. The summed E-state index contributed by atoms with van der Waals surface area (Å²) < 4.78 is 46.6. The summed E-state index contributed by atoms with van der Waals surface area (Å²) in [6.07, 6.45) is 1.95. The second-order valence-electron chi connectivity index (χ2n) is 7.55. The largest absolute Gasteiger partial charge is 0.493 e. The summed E-state index contributed by atoms with van der Waals surface area (Å²) in [5.41, 5.74) is 2.94. The van der Waals surface area contributed by atoms with Crippen LogP contribution in [0.5, 0.6) is 11.5 Å². The molecule has 0 spiro atoms. The molecule has 0 radical (unpaired) electrons. The van der Waals surface area contributed by atoms with Crippen LogP contribution in [0.2, 0.25) is 0 Å². The number of morpholine rings is 1. The minimum absolute atomic E-state index is 0.207. The Kier molecular flexibility index (Phi) is 7.00. The lowest BCUT2D eigenvalue weighted by Gasteiger charge is -2.27. The van der Waals surface area contributed by atoms with Crippen LogP contribution in [0.1, 0.15) is 24.0 Å². The first kappa shape index (κ1) is 22.6. The normalized spacial score (nSPS) is 16.2. The van der Waals surface area contributed by atoms with E-state index in [2.05, 4.69) is 9.71 Å². The third kappa shape index (κ3) is 4.75. The number of hydrogen-bond acceptors (Lipinski definition) is 5. The highest BCUT2D eigenvalue weighted by Gasteiger charge is 2.27. The Morgan fingerprint density at radius 2 is 1.94 bits per heavy atom. The molecule has 0 saturated carbocycles. The van der Waals surface area contributed by atoms with E-state index in [1.807, 2.05) is 55.6 Å². The van der Waals surface area contributed by atoms with Gasteiger partial charge in [0.2, 0.25) is 0 Å². The van der Waals surface area contributed by atoms with E-state index in [1.165, 1.54) is 4.31 Å². The van der Waals surface area contributed by atoms with Crippen molar-refractivity contribution in [2.75, 3.05) is 46.6 Å². The average molecular weight is 460 g/mol. The Morgan fingerprint density at radius 3 is 2.69 bits per heavy atom. The quantitative estimate of drug-likeness (QED) is 0.513. The average Bonchev–Trinajstić information content (AvgIpc) is 3.24. The highest BCUT2D eigenvalue weighted by molar-refractivity contribution is 7.87. The van der Waals surface area contributed by atoms with Crippen LogP contribution in [-0.4, -0.2) is 64.3 Å². The summed E-state index contributed by atoms with van der Waals surface area (Å²) in [7, 11) is -2.03. The van der Waals surface area contributed by atoms with E-state index in [0.717, 1.165) is 22.0 Å². The Labute approximate surface area is 188 Å². The van der Waals surface area contributed by atoms with Crippen LogP contribution >= 0.6 is 0 Å². The van der Waals surface area contributed by atoms with Gasteiger partial charge in [0.1, 0.15) is 0 Å². The van der Waals surface area contributed by atoms with Gasteiger partial charge in [-0.1, -0.05) is 24.3 Å². The van der Waals surface area contributed by atoms with Crippen LogP contribution in [-0.2, 0) is 14.9 Å². The summed E-state index contributed by atoms with van der Waals surface area (Å²) in [6.45, 7) is 4.17. The van der Waals surface area contributed by atoms with Gasteiger partial charge >= 0.3 is 0 Å². The Hall–Kier alpha value is -2.59. The molecule has 4 rings (SSSR count). The predicted octanol–water partition coefficient (Wildman–Crippen LogP) is 2.87. The number of ether oxygens (including phenoxy) is 3. The number of methoxy groups -OCH3 is 1. The smallest absolute Gasteiger partial charge is 0.279 e. The number of nitrogens with one attached hydrogen (secondary N) is 2. The van der Waals surface area contributed by atoms with Crippen molar-refractivity contribution in [1.29, 1.82) is 0 Å². The number of nitrogens with zero attached hydrogens (tertiary/aromatic N) is 1. The maximum absolute atomic E-state index is 12.9. The van der Waals surface area contributed by atoms with Crippen LogP contribution in [0.15, 0.2) is 48.7 Å². The van der Waals surface area contributed by atoms with Gasteiger partial charge in [-0.25, -0.2) is 4.72 Å². The van der Waals surface area contributed by atoms with E-state index in [4.69, 9.17) is 14.2 Å². The summed E-state index contributed by atoms with van der Waals surface area (Å²) >= 11 is 0. The van der Waals surface area contributed by atoms with Crippen molar-refractivity contribution in [3.8, 4) is 11.5 Å². The van der Waals surface area contributed by atoms with Gasteiger partial charge in [0.15, 0.2) is 11.5 Å². The highest BCUT2D eigenvalue weighted by Crippen LogP contribution is 2.36. The first-order chi connectivity index (χ1) is 15.5. The first-order valence-corrected chi connectivity index (χ1v) is 12.2. The second kappa shape index (κ2) is 9.91. The molecule has 32 heavy (non-hydrogen) atoms. The summed E-state index contributed by atoms with van der Waals surface area (Å²) in [5.74, 6) is 1.04. The molecule has 2 N–H and O–H groups in total. The van der Waals surface area contributed by atoms with Crippen LogP contribution < -0.4 is 14.2 Å². The molecule has 1 unspecified atom stereocenters. The monoisotopic (exact) mass is 459 g/mol. The lowest BCUT2D eigenvalue weighted by molar-refractivity contribution is 0.0725. The number of fused-ring (bicyclic) bond motifs is 1. The van der Waals surface area contributed by atoms with E-state index in [1.54, 1.807) is 7.11 Å². The minimum Gasteiger partial charge on any atom is -0.493 e. The Balaban J connectivity index is 1.69. The first-order valence-electron chi connectivity index (χ1n) is 10.7. The number of hydrogen-bond donors (Lipinski definition) is 2. The Bertz CT molecular complexity index is 1160. The fraction of sp³-hybridized carbons (Fsp3) is 0.391. The van der Waals surface area contributed by atoms with E-state index in [-0.39, 0.29) is 12.5 Å². The molecular weight excluding hydrogens is 430 g/mol. The molecule has 172 valence electrons. The number of para-hydroxylation sites is 1. The van der Waals surface area contributed by atoms with Gasteiger partial charge in [0, 0.05) is 42.7 Å². The maximum Gasteiger partial charge on any atom is 0.279 e. The van der Waals surface area contributed by atoms with E-state index >= 15 is 0 Å². The summed E-state index contributed by atoms with van der Waals surface area (Å²) in [6, 6.07) is 13.7. The molecule has 2 aromatic carbocycles. The molecule has 9 heteroatoms. The summed E-state index contributed by atoms with van der Waals surface area (Å²) in [4.78, 5) is 3.30. The third-order valence-electron chi connectivity index (χ3n) is 5.67. The molecular formula is C23H29N3O5S. The van der Waals surface area contributed by atoms with Crippen LogP contribution in [0.25, 0.3) is 10.9 Å². The van der Waals surface area contributed by atoms with E-state index < -0.39 is 10.2 Å². The molecule has 0 aliphatic carbocycles. The molecule has 1 aliphatic rings. The zero-order chi connectivity index (χ0) is 22.6. The van der Waals surface area contributed by atoms with Crippen molar-refractivity contribution >= 4 is 21.1 Å². The molecule has 1 aromatic heterocycles. The summed E-state index contributed by atoms with van der Waals surface area (Å²) in [5, 5.41) is 1.05. The van der Waals surface area contributed by atoms with Crippen LogP contribution in [0.3, 0.4) is 0 Å². The van der Waals surface area contributed by atoms with E-state index in [9.17, 15) is 8.42 Å². The van der Waals surface area contributed by atoms with E-state index in [0.29, 0.717) is 44.4 Å². The zero-order valence-corrected chi connectivity index (χ0v) is 19.2. The number of H-pyrrole nitrogens is 1. The van der Waals surface area contributed by atoms with Crippen LogP contribution in [0, 0.1) is 0 Å². The molecule has 1 aliphatic heterocycles. The van der Waals surface area contributed by atoms with Gasteiger partial charge < -0.3 is 19.2 Å². The van der Waals surface area contributed by atoms with Gasteiger partial charge in [0.05, 0.1) is 26.9 Å². The number of benzene rings is 2. The van der Waals surface area contributed by atoms with Crippen molar-refractivity contribution in [2.24, 2.45) is 0 Å². The minimum atomic E-state index is -3.63. The fourth-order valence-electron chi connectivity index (χ4n) is 4.03. The molecule has 0 bridgehead atoms. The lowest BCUT2D eigenvalue weighted by atomic mass is 9.91. The zero-order valence-electron chi connectivity index (χ0n) is 18.3. The topological polar surface area (TPSA) is 92.9 Å². The molecule has 1 fully saturated rings. The molecule has 8 nitrogen and oxygen atoms in total. The fourth-order valence-corrected chi connectivity index (χ4v) is 5.22. The van der Waals surface area contributed by atoms with Crippen molar-refractivity contribution in [1.82, 2.24) is 14.0 Å². The predicted molar refractivity (Wildman–Crippen MR) is 124 cm³/mol. The third-order valence-corrected chi connectivity index (χ3v) is 7.24. The number of aromatic amines is 1. The SMILES string of the molecule is CCOc1ccc(C(CNS(=O)(=O)N2CCOCC2)c2c[nH]c3ccccc23)cc1OC. The molecule has 0 amide bonds. The highest BCUT2D eigenvalue weighted by atomic mass is 32.2. The second-order valence-corrected chi connectivity index (χ2v) is 9.31. The molecule has 3 aromatic rings. The van der Waals surface area contributed by atoms with Gasteiger partial charge in [0.25, 0.3) is 10.2 Å². The lowest BCUT2D eigenvalue weighted by Crippen LogP contribution is -2.47. The number of aromatic nitrogens is 1. The Morgan fingerprint density at radius 1 is 1.16 bits per heavy atom. The van der Waals surface area contributed by atoms with Crippen molar-refractivity contribution in [3.05, 3.63) is 59.8 Å². The number of rotatable bonds is 9. The van der Waals surface area contributed by atoms with Gasteiger partial charge in [-0.15, -0.1) is 0 Å². The standard InChI is InChI=1S/C23H29N3O5S/c1-3-31-22-9-8-17(14-23(22)29-2)19(20-15-24-21-7-5-4-6-18(20)21)16-25-32(27,28)26-10-12-30-13-11-26/h4-9,14-15,19,24-25H,3,10-13,16H2,1-2H3. The van der Waals surface area contributed by atoms with Crippen molar-refractivity contribution in [3.63, 3.8) is 0 Å². The van der Waals surface area contributed by atoms with Gasteiger partial charge in [-0.05, 0) is 36.2 Å². The maximum atomic E-state index is 12.9.